The lowest BCUT2D eigenvalue weighted by Crippen LogP contribution is -2.34. The van der Waals surface area contributed by atoms with E-state index >= 15 is 0 Å². The van der Waals surface area contributed by atoms with E-state index in [1.54, 1.807) is 12.2 Å². The number of benzene rings is 1. The maximum absolute atomic E-state index is 13.4. The molecule has 2 bridgehead atoms. The lowest BCUT2D eigenvalue weighted by Gasteiger charge is -2.19. The van der Waals surface area contributed by atoms with Crippen LogP contribution < -0.4 is 4.90 Å². The SMILES string of the molecule is C.O=C1C2C3C=CC(O3)[C@H]2C(=O)N1c1ccc(F)c(C(F)(F)F)c1. The number of anilines is 1. The smallest absolute Gasteiger partial charge is 0.365 e. The third kappa shape index (κ3) is 2.09. The molecular weight excluding hydrogens is 330 g/mol. The summed E-state index contributed by atoms with van der Waals surface area (Å²) in [6.45, 7) is 0. The molecule has 2 amide bonds. The number of carbonyl (C=O) groups excluding carboxylic acids is 2. The summed E-state index contributed by atoms with van der Waals surface area (Å²) in [5.41, 5.74) is -1.78. The highest BCUT2D eigenvalue weighted by Gasteiger charge is 2.61. The highest BCUT2D eigenvalue weighted by atomic mass is 19.4. The number of rotatable bonds is 1. The Labute approximate surface area is 134 Å². The van der Waals surface area contributed by atoms with Gasteiger partial charge in [-0.3, -0.25) is 9.59 Å². The molecule has 0 N–H and O–H groups in total. The largest absolute Gasteiger partial charge is 0.419 e. The zero-order valence-corrected chi connectivity index (χ0v) is 11.4. The van der Waals surface area contributed by atoms with E-state index < -0.39 is 53.4 Å². The molecule has 0 aliphatic carbocycles. The molecule has 128 valence electrons. The van der Waals surface area contributed by atoms with E-state index in [9.17, 15) is 27.2 Å². The van der Waals surface area contributed by atoms with Gasteiger partial charge < -0.3 is 4.74 Å². The minimum absolute atomic E-state index is 0. The summed E-state index contributed by atoms with van der Waals surface area (Å²) in [7, 11) is 0. The van der Waals surface area contributed by atoms with Crippen molar-refractivity contribution >= 4 is 17.5 Å². The van der Waals surface area contributed by atoms with Crippen LogP contribution in [0.1, 0.15) is 13.0 Å². The summed E-state index contributed by atoms with van der Waals surface area (Å²) in [6, 6.07) is 2.09. The lowest BCUT2D eigenvalue weighted by atomic mass is 9.85. The first-order chi connectivity index (χ1) is 10.8. The quantitative estimate of drug-likeness (QED) is 0.447. The van der Waals surface area contributed by atoms with Crippen molar-refractivity contribution in [3.8, 4) is 0 Å². The fourth-order valence-electron chi connectivity index (χ4n) is 3.43. The number of carbonyl (C=O) groups is 2. The average molecular weight is 343 g/mol. The normalized spacial score (nSPS) is 30.8. The highest BCUT2D eigenvalue weighted by molar-refractivity contribution is 6.23. The summed E-state index contributed by atoms with van der Waals surface area (Å²) >= 11 is 0. The second-order valence-corrected chi connectivity index (χ2v) is 5.68. The Bertz CT molecular complexity index is 728. The van der Waals surface area contributed by atoms with Crippen LogP contribution in [0.4, 0.5) is 23.2 Å². The molecule has 2 saturated heterocycles. The number of hydrogen-bond donors (Lipinski definition) is 0. The van der Waals surface area contributed by atoms with Crippen molar-refractivity contribution in [2.45, 2.75) is 25.8 Å². The van der Waals surface area contributed by atoms with Gasteiger partial charge in [0, 0.05) is 0 Å². The molecule has 0 spiro atoms. The third-order valence-electron chi connectivity index (χ3n) is 4.42. The van der Waals surface area contributed by atoms with Gasteiger partial charge in [0.05, 0.1) is 35.3 Å². The molecule has 1 aromatic rings. The predicted octanol–water partition coefficient (Wildman–Crippen LogP) is 2.92. The van der Waals surface area contributed by atoms with Crippen LogP contribution in [0.15, 0.2) is 30.4 Å². The molecule has 3 aliphatic rings. The number of hydrogen-bond acceptors (Lipinski definition) is 3. The first kappa shape index (κ1) is 16.6. The number of nitrogens with zero attached hydrogens (tertiary/aromatic N) is 1. The molecule has 1 aromatic carbocycles. The molecule has 0 saturated carbocycles. The first-order valence-corrected chi connectivity index (χ1v) is 6.87. The lowest BCUT2D eigenvalue weighted by molar-refractivity contribution is -0.140. The molecule has 24 heavy (non-hydrogen) atoms. The van der Waals surface area contributed by atoms with Crippen molar-refractivity contribution in [3.63, 3.8) is 0 Å². The van der Waals surface area contributed by atoms with Crippen LogP contribution in [0.3, 0.4) is 0 Å². The minimum atomic E-state index is -4.91. The van der Waals surface area contributed by atoms with Crippen molar-refractivity contribution in [1.29, 1.82) is 0 Å². The van der Waals surface area contributed by atoms with E-state index in [0.29, 0.717) is 17.0 Å². The molecule has 3 unspecified atom stereocenters. The van der Waals surface area contributed by atoms with Crippen LogP contribution in [0, 0.1) is 17.7 Å². The summed E-state index contributed by atoms with van der Waals surface area (Å²) in [4.78, 5) is 25.6. The van der Waals surface area contributed by atoms with Crippen molar-refractivity contribution in [3.05, 3.63) is 41.7 Å². The van der Waals surface area contributed by atoms with Crippen LogP contribution in [0.2, 0.25) is 0 Å². The molecule has 4 atom stereocenters. The zero-order valence-electron chi connectivity index (χ0n) is 11.4. The molecule has 8 heteroatoms. The van der Waals surface area contributed by atoms with Gasteiger partial charge in [0.2, 0.25) is 11.8 Å². The van der Waals surface area contributed by atoms with E-state index in [0.717, 1.165) is 6.07 Å². The van der Waals surface area contributed by atoms with E-state index in [1.165, 1.54) is 0 Å². The van der Waals surface area contributed by atoms with E-state index in [4.69, 9.17) is 4.74 Å². The molecule has 0 radical (unpaired) electrons. The molecule has 0 aromatic heterocycles. The molecule has 2 fully saturated rings. The number of amides is 2. The fraction of sp³-hybridized carbons (Fsp3) is 0.375. The number of ether oxygens (including phenoxy) is 1. The number of alkyl halides is 3. The van der Waals surface area contributed by atoms with Gasteiger partial charge in [-0.1, -0.05) is 19.6 Å². The van der Waals surface area contributed by atoms with Crippen LogP contribution in [0.5, 0.6) is 0 Å². The molecular formula is C16H13F4NO3. The van der Waals surface area contributed by atoms with Gasteiger partial charge in [0.15, 0.2) is 0 Å². The van der Waals surface area contributed by atoms with Crippen molar-refractivity contribution in [2.75, 3.05) is 4.90 Å². The predicted molar refractivity (Wildman–Crippen MR) is 75.4 cm³/mol. The van der Waals surface area contributed by atoms with Gasteiger partial charge in [-0.2, -0.15) is 13.2 Å². The second-order valence-electron chi connectivity index (χ2n) is 5.68. The van der Waals surface area contributed by atoms with Gasteiger partial charge >= 0.3 is 6.18 Å². The van der Waals surface area contributed by atoms with Gasteiger partial charge in [0.1, 0.15) is 5.82 Å². The van der Waals surface area contributed by atoms with Crippen LogP contribution in [-0.4, -0.2) is 24.0 Å². The Morgan fingerprint density at radius 1 is 1.00 bits per heavy atom. The van der Waals surface area contributed by atoms with Crippen molar-refractivity contribution < 1.29 is 31.9 Å². The monoisotopic (exact) mass is 343 g/mol. The van der Waals surface area contributed by atoms with E-state index in [2.05, 4.69) is 0 Å². The third-order valence-corrected chi connectivity index (χ3v) is 4.42. The van der Waals surface area contributed by atoms with Gasteiger partial charge in [-0.25, -0.2) is 9.29 Å². The summed E-state index contributed by atoms with van der Waals surface area (Å²) in [6.07, 6.45) is -2.63. The van der Waals surface area contributed by atoms with Crippen molar-refractivity contribution in [1.82, 2.24) is 0 Å². The highest BCUT2D eigenvalue weighted by Crippen LogP contribution is 2.46. The Morgan fingerprint density at radius 2 is 1.54 bits per heavy atom. The summed E-state index contributed by atoms with van der Waals surface area (Å²) < 4.78 is 57.3. The standard InChI is InChI=1S/C15H9F4NO3.CH4/c16-8-2-1-6(5-7(8)15(17,18)19)20-13(21)11-9-3-4-10(23-9)12(11)14(20)22;/h1-5,9-12H;1H4/t9?,10?,11-,12?;/m1./s1. The molecule has 3 aliphatic heterocycles. The second kappa shape index (κ2) is 5.14. The van der Waals surface area contributed by atoms with Crippen LogP contribution in [-0.2, 0) is 20.5 Å². The van der Waals surface area contributed by atoms with Gasteiger partial charge in [-0.05, 0) is 18.2 Å². The van der Waals surface area contributed by atoms with E-state index in [1.807, 2.05) is 0 Å². The zero-order chi connectivity index (χ0) is 16.5. The topological polar surface area (TPSA) is 46.6 Å². The van der Waals surface area contributed by atoms with E-state index in [-0.39, 0.29) is 13.1 Å². The van der Waals surface area contributed by atoms with Crippen LogP contribution >= 0.6 is 0 Å². The summed E-state index contributed by atoms with van der Waals surface area (Å²) in [5.74, 6) is -4.13. The minimum Gasteiger partial charge on any atom is -0.365 e. The number of halogens is 4. The maximum Gasteiger partial charge on any atom is 0.419 e. The van der Waals surface area contributed by atoms with Gasteiger partial charge in [0.25, 0.3) is 0 Å². The van der Waals surface area contributed by atoms with Gasteiger partial charge in [-0.15, -0.1) is 0 Å². The molecule has 4 nitrogen and oxygen atoms in total. The maximum atomic E-state index is 13.4. The Kier molecular flexibility index (Phi) is 3.56. The van der Waals surface area contributed by atoms with Crippen LogP contribution in [0.25, 0.3) is 0 Å². The molecule has 3 heterocycles. The Balaban J connectivity index is 0.00000169. The fourth-order valence-corrected chi connectivity index (χ4v) is 3.43. The Morgan fingerprint density at radius 3 is 2.04 bits per heavy atom. The summed E-state index contributed by atoms with van der Waals surface area (Å²) in [5, 5.41) is 0. The first-order valence-electron chi connectivity index (χ1n) is 6.87. The molecule has 4 rings (SSSR count). The number of fused-ring (bicyclic) bond motifs is 5. The average Bonchev–Trinajstić information content (AvgIpc) is 3.13. The van der Waals surface area contributed by atoms with Crippen molar-refractivity contribution in [2.24, 2.45) is 11.8 Å². The Hall–Kier alpha value is -2.22. The number of imide groups is 1.